The molecule has 0 atom stereocenters. The van der Waals surface area contributed by atoms with E-state index in [2.05, 4.69) is 6.92 Å². The molecule has 0 spiro atoms. The molecular formula is C26H34N2O4. The van der Waals surface area contributed by atoms with Crippen LogP contribution < -0.4 is 9.47 Å². The second-order valence-corrected chi connectivity index (χ2v) is 8.16. The second kappa shape index (κ2) is 12.1. The van der Waals surface area contributed by atoms with Crippen molar-refractivity contribution in [2.24, 2.45) is 0 Å². The second-order valence-electron chi connectivity index (χ2n) is 8.16. The molecule has 2 aromatic rings. The van der Waals surface area contributed by atoms with Gasteiger partial charge in [0.2, 0.25) is 5.91 Å². The van der Waals surface area contributed by atoms with Crippen molar-refractivity contribution in [1.82, 2.24) is 9.80 Å². The molecule has 0 N–H and O–H groups in total. The summed E-state index contributed by atoms with van der Waals surface area (Å²) < 4.78 is 11.4. The van der Waals surface area contributed by atoms with E-state index >= 15 is 0 Å². The van der Waals surface area contributed by atoms with Gasteiger partial charge in [0.15, 0.2) is 6.61 Å². The lowest BCUT2D eigenvalue weighted by Crippen LogP contribution is -2.51. The van der Waals surface area contributed by atoms with Crippen LogP contribution in [0.1, 0.15) is 37.3 Å². The number of ether oxygens (including phenoxy) is 2. The molecule has 1 aliphatic heterocycles. The Morgan fingerprint density at radius 1 is 0.875 bits per heavy atom. The average molecular weight is 439 g/mol. The molecule has 0 radical (unpaired) electrons. The van der Waals surface area contributed by atoms with Crippen LogP contribution in [0, 0.1) is 6.92 Å². The Kier molecular flexibility index (Phi) is 8.96. The van der Waals surface area contributed by atoms with Crippen LogP contribution in [-0.2, 0) is 16.0 Å². The molecule has 0 aromatic heterocycles. The van der Waals surface area contributed by atoms with E-state index in [1.807, 2.05) is 60.4 Å². The fourth-order valence-corrected chi connectivity index (χ4v) is 3.76. The average Bonchev–Trinajstić information content (AvgIpc) is 2.82. The van der Waals surface area contributed by atoms with Crippen molar-refractivity contribution in [3.05, 3.63) is 59.7 Å². The van der Waals surface area contributed by atoms with Crippen molar-refractivity contribution >= 4 is 11.8 Å². The number of amides is 2. The predicted octanol–water partition coefficient (Wildman–Crippen LogP) is 3.86. The third kappa shape index (κ3) is 7.01. The predicted molar refractivity (Wildman–Crippen MR) is 125 cm³/mol. The number of para-hydroxylation sites is 1. The minimum Gasteiger partial charge on any atom is -0.493 e. The van der Waals surface area contributed by atoms with Crippen LogP contribution in [0.15, 0.2) is 48.5 Å². The Bertz CT molecular complexity index is 874. The third-order valence-electron chi connectivity index (χ3n) is 5.70. The molecule has 1 saturated heterocycles. The maximum absolute atomic E-state index is 12.5. The lowest BCUT2D eigenvalue weighted by molar-refractivity contribution is -0.140. The molecule has 1 heterocycles. The normalized spacial score (nSPS) is 13.7. The SMILES string of the molecule is CCCc1ccc(OCC(=O)N2CCN(C(=O)CCCOc3ccccc3C)CC2)cc1. The largest absolute Gasteiger partial charge is 0.493 e. The third-order valence-corrected chi connectivity index (χ3v) is 5.70. The van der Waals surface area contributed by atoms with Gasteiger partial charge in [-0.1, -0.05) is 43.7 Å². The smallest absolute Gasteiger partial charge is 0.260 e. The number of carbonyl (C=O) groups excluding carboxylic acids is 2. The minimum absolute atomic E-state index is 0.0251. The Morgan fingerprint density at radius 2 is 1.53 bits per heavy atom. The van der Waals surface area contributed by atoms with Gasteiger partial charge in [-0.2, -0.15) is 0 Å². The first-order chi connectivity index (χ1) is 15.6. The zero-order valence-electron chi connectivity index (χ0n) is 19.2. The van der Waals surface area contributed by atoms with Crippen molar-refractivity contribution in [3.8, 4) is 11.5 Å². The molecule has 172 valence electrons. The summed E-state index contributed by atoms with van der Waals surface area (Å²) in [6, 6.07) is 15.8. The van der Waals surface area contributed by atoms with Crippen molar-refractivity contribution in [3.63, 3.8) is 0 Å². The van der Waals surface area contributed by atoms with Gasteiger partial charge in [-0.3, -0.25) is 9.59 Å². The van der Waals surface area contributed by atoms with Crippen LogP contribution >= 0.6 is 0 Å². The van der Waals surface area contributed by atoms with Crippen molar-refractivity contribution in [1.29, 1.82) is 0 Å². The summed E-state index contributed by atoms with van der Waals surface area (Å²) in [5.74, 6) is 1.65. The van der Waals surface area contributed by atoms with Crippen molar-refractivity contribution < 1.29 is 19.1 Å². The Labute approximate surface area is 191 Å². The summed E-state index contributed by atoms with van der Waals surface area (Å²) in [5.41, 5.74) is 2.37. The topological polar surface area (TPSA) is 59.1 Å². The maximum atomic E-state index is 12.5. The number of carbonyl (C=O) groups is 2. The number of aryl methyl sites for hydroxylation is 2. The molecule has 0 saturated carbocycles. The maximum Gasteiger partial charge on any atom is 0.260 e. The molecule has 0 bridgehead atoms. The number of nitrogens with zero attached hydrogens (tertiary/aromatic N) is 2. The lowest BCUT2D eigenvalue weighted by atomic mass is 10.1. The van der Waals surface area contributed by atoms with Crippen LogP contribution in [0.5, 0.6) is 11.5 Å². The van der Waals surface area contributed by atoms with Gasteiger partial charge < -0.3 is 19.3 Å². The molecule has 0 unspecified atom stereocenters. The number of benzene rings is 2. The van der Waals surface area contributed by atoms with Crippen molar-refractivity contribution in [2.45, 2.75) is 39.5 Å². The van der Waals surface area contributed by atoms with E-state index in [4.69, 9.17) is 9.47 Å². The molecule has 3 rings (SSSR count). The Balaban J connectivity index is 1.32. The standard InChI is InChI=1S/C26H34N2O4/c1-3-7-22-11-13-23(14-12-22)32-20-26(30)28-17-15-27(16-18-28)25(29)10-6-19-31-24-9-5-4-8-21(24)2/h4-5,8-9,11-14H,3,6-7,10,15-20H2,1-2H3. The molecule has 2 aromatic carbocycles. The van der Waals surface area contributed by atoms with Gasteiger partial charge in [-0.25, -0.2) is 0 Å². The van der Waals surface area contributed by atoms with Gasteiger partial charge in [0.05, 0.1) is 6.61 Å². The van der Waals surface area contributed by atoms with E-state index in [0.717, 1.165) is 24.2 Å². The van der Waals surface area contributed by atoms with Crippen LogP contribution in [0.25, 0.3) is 0 Å². The van der Waals surface area contributed by atoms with E-state index in [1.165, 1.54) is 5.56 Å². The van der Waals surface area contributed by atoms with Crippen LogP contribution in [0.2, 0.25) is 0 Å². The zero-order chi connectivity index (χ0) is 22.8. The summed E-state index contributed by atoms with van der Waals surface area (Å²) in [6.45, 7) is 6.92. The fraction of sp³-hybridized carbons (Fsp3) is 0.462. The molecular weight excluding hydrogens is 404 g/mol. The summed E-state index contributed by atoms with van der Waals surface area (Å²) in [7, 11) is 0. The van der Waals surface area contributed by atoms with Gasteiger partial charge in [0.25, 0.3) is 5.91 Å². The van der Waals surface area contributed by atoms with E-state index in [9.17, 15) is 9.59 Å². The summed E-state index contributed by atoms with van der Waals surface area (Å²) >= 11 is 0. The molecule has 1 aliphatic rings. The number of piperazine rings is 1. The highest BCUT2D eigenvalue weighted by Crippen LogP contribution is 2.17. The minimum atomic E-state index is -0.0404. The van der Waals surface area contributed by atoms with E-state index in [1.54, 1.807) is 4.90 Å². The van der Waals surface area contributed by atoms with Gasteiger partial charge in [0, 0.05) is 32.6 Å². The van der Waals surface area contributed by atoms with Gasteiger partial charge in [-0.05, 0) is 49.1 Å². The lowest BCUT2D eigenvalue weighted by Gasteiger charge is -2.34. The van der Waals surface area contributed by atoms with Gasteiger partial charge in [-0.15, -0.1) is 0 Å². The van der Waals surface area contributed by atoms with Crippen LogP contribution in [0.4, 0.5) is 0 Å². The Hall–Kier alpha value is -3.02. The van der Waals surface area contributed by atoms with E-state index in [0.29, 0.717) is 51.4 Å². The van der Waals surface area contributed by atoms with Crippen LogP contribution in [-0.4, -0.2) is 61.0 Å². The summed E-state index contributed by atoms with van der Waals surface area (Å²) in [4.78, 5) is 28.6. The quantitative estimate of drug-likeness (QED) is 0.529. The van der Waals surface area contributed by atoms with Crippen molar-refractivity contribution in [2.75, 3.05) is 39.4 Å². The van der Waals surface area contributed by atoms with Gasteiger partial charge >= 0.3 is 0 Å². The molecule has 2 amide bonds. The molecule has 0 aliphatic carbocycles. The number of hydrogen-bond donors (Lipinski definition) is 0. The van der Waals surface area contributed by atoms with E-state index < -0.39 is 0 Å². The summed E-state index contributed by atoms with van der Waals surface area (Å²) in [5, 5.41) is 0. The monoisotopic (exact) mass is 438 g/mol. The highest BCUT2D eigenvalue weighted by atomic mass is 16.5. The van der Waals surface area contributed by atoms with E-state index in [-0.39, 0.29) is 18.4 Å². The first-order valence-corrected chi connectivity index (χ1v) is 11.5. The zero-order valence-corrected chi connectivity index (χ0v) is 19.2. The van der Waals surface area contributed by atoms with Crippen LogP contribution in [0.3, 0.4) is 0 Å². The number of hydrogen-bond acceptors (Lipinski definition) is 4. The first kappa shape index (κ1) is 23.6. The highest BCUT2D eigenvalue weighted by Gasteiger charge is 2.24. The Morgan fingerprint density at radius 3 is 2.19 bits per heavy atom. The molecule has 6 nitrogen and oxygen atoms in total. The highest BCUT2D eigenvalue weighted by molar-refractivity contribution is 5.79. The first-order valence-electron chi connectivity index (χ1n) is 11.5. The van der Waals surface area contributed by atoms with Gasteiger partial charge in [0.1, 0.15) is 11.5 Å². The number of rotatable bonds is 10. The molecule has 1 fully saturated rings. The molecule has 6 heteroatoms. The fourth-order valence-electron chi connectivity index (χ4n) is 3.76. The summed E-state index contributed by atoms with van der Waals surface area (Å²) in [6.07, 6.45) is 3.28. The molecule has 32 heavy (non-hydrogen) atoms.